The Kier molecular flexibility index (Phi) is 4.56. The number of hydrogen-bond acceptors (Lipinski definition) is 6. The van der Waals surface area contributed by atoms with Gasteiger partial charge >= 0.3 is 0 Å². The first-order valence-electron chi connectivity index (χ1n) is 7.86. The Morgan fingerprint density at radius 3 is 2.78 bits per heavy atom. The zero-order valence-electron chi connectivity index (χ0n) is 13.9. The van der Waals surface area contributed by atoms with Gasteiger partial charge in [0, 0.05) is 6.04 Å². The van der Waals surface area contributed by atoms with Crippen LogP contribution in [-0.4, -0.2) is 30.8 Å². The fourth-order valence-electron chi connectivity index (χ4n) is 2.69. The summed E-state index contributed by atoms with van der Waals surface area (Å²) in [5, 5.41) is 11.1. The van der Waals surface area contributed by atoms with E-state index >= 15 is 0 Å². The molecule has 0 bridgehead atoms. The van der Waals surface area contributed by atoms with Crippen LogP contribution in [0.4, 0.5) is 5.82 Å². The third-order valence-electron chi connectivity index (χ3n) is 3.56. The monoisotopic (exact) mass is 330 g/mol. The summed E-state index contributed by atoms with van der Waals surface area (Å²) in [6, 6.07) is 0.195. The summed E-state index contributed by atoms with van der Waals surface area (Å²) in [5.74, 6) is 2.33. The minimum absolute atomic E-state index is 0.195. The topological polar surface area (TPSA) is 68.5 Å². The van der Waals surface area contributed by atoms with E-state index in [0.29, 0.717) is 5.92 Å². The summed E-state index contributed by atoms with van der Waals surface area (Å²) in [5.41, 5.74) is 1.33. The van der Waals surface area contributed by atoms with Crippen LogP contribution >= 0.6 is 11.3 Å². The smallest absolute Gasteiger partial charge is 0.139 e. The van der Waals surface area contributed by atoms with Crippen molar-refractivity contribution in [3.63, 3.8) is 0 Å². The van der Waals surface area contributed by atoms with E-state index < -0.39 is 0 Å². The van der Waals surface area contributed by atoms with Crippen LogP contribution in [0, 0.1) is 12.8 Å². The van der Waals surface area contributed by atoms with Crippen LogP contribution in [0.15, 0.2) is 18.0 Å². The van der Waals surface area contributed by atoms with Crippen molar-refractivity contribution in [3.05, 3.63) is 29.4 Å². The van der Waals surface area contributed by atoms with Gasteiger partial charge in [0.2, 0.25) is 0 Å². The molecule has 3 aromatic heterocycles. The van der Waals surface area contributed by atoms with Gasteiger partial charge in [0.15, 0.2) is 0 Å². The van der Waals surface area contributed by atoms with Crippen molar-refractivity contribution >= 4 is 27.4 Å². The molecule has 1 atom stereocenters. The van der Waals surface area contributed by atoms with Crippen molar-refractivity contribution in [2.45, 2.75) is 46.7 Å². The molecule has 3 aromatic rings. The van der Waals surface area contributed by atoms with Gasteiger partial charge in [0.25, 0.3) is 0 Å². The maximum Gasteiger partial charge on any atom is 0.139 e. The summed E-state index contributed by atoms with van der Waals surface area (Å²) in [7, 11) is 0. The Hall–Kier alpha value is -2.02. The van der Waals surface area contributed by atoms with Crippen LogP contribution < -0.4 is 5.32 Å². The van der Waals surface area contributed by atoms with E-state index in [1.807, 2.05) is 11.6 Å². The highest BCUT2D eigenvalue weighted by atomic mass is 32.1. The van der Waals surface area contributed by atoms with Gasteiger partial charge in [0.1, 0.15) is 29.1 Å². The van der Waals surface area contributed by atoms with Gasteiger partial charge < -0.3 is 5.32 Å². The summed E-state index contributed by atoms with van der Waals surface area (Å²) in [4.78, 5) is 14.3. The van der Waals surface area contributed by atoms with E-state index in [2.05, 4.69) is 51.5 Å². The predicted octanol–water partition coefficient (Wildman–Crippen LogP) is 3.29. The lowest BCUT2D eigenvalue weighted by Crippen LogP contribution is -2.23. The SMILES string of the molecule is Cc1nc(N[C@@H](C)Cn2cncn2)c2c(CC(C)C)csc2n1. The molecule has 0 aromatic carbocycles. The molecule has 1 N–H and O–H groups in total. The number of fused-ring (bicyclic) bond motifs is 1. The van der Waals surface area contributed by atoms with Crippen LogP contribution in [0.3, 0.4) is 0 Å². The highest BCUT2D eigenvalue weighted by Gasteiger charge is 2.15. The number of nitrogens with one attached hydrogen (secondary N) is 1. The number of thiophene rings is 1. The summed E-state index contributed by atoms with van der Waals surface area (Å²) in [6.07, 6.45) is 4.33. The first-order chi connectivity index (χ1) is 11.0. The molecule has 0 amide bonds. The zero-order chi connectivity index (χ0) is 16.4. The zero-order valence-corrected chi connectivity index (χ0v) is 14.8. The average molecular weight is 330 g/mol. The largest absolute Gasteiger partial charge is 0.365 e. The van der Waals surface area contributed by atoms with Crippen LogP contribution in [0.2, 0.25) is 0 Å². The fourth-order valence-corrected chi connectivity index (χ4v) is 3.69. The summed E-state index contributed by atoms with van der Waals surface area (Å²) >= 11 is 1.70. The molecule has 122 valence electrons. The molecule has 23 heavy (non-hydrogen) atoms. The molecule has 6 nitrogen and oxygen atoms in total. The van der Waals surface area contributed by atoms with E-state index in [0.717, 1.165) is 29.4 Å². The second kappa shape index (κ2) is 6.62. The van der Waals surface area contributed by atoms with Crippen molar-refractivity contribution in [3.8, 4) is 0 Å². The van der Waals surface area contributed by atoms with Gasteiger partial charge in [-0.3, -0.25) is 4.68 Å². The molecule has 0 radical (unpaired) electrons. The first kappa shape index (κ1) is 15.9. The molecule has 0 unspecified atom stereocenters. The molecule has 0 spiro atoms. The highest BCUT2D eigenvalue weighted by Crippen LogP contribution is 2.32. The molecular formula is C16H22N6S. The van der Waals surface area contributed by atoms with E-state index in [-0.39, 0.29) is 6.04 Å². The maximum atomic E-state index is 4.65. The fraction of sp³-hybridized carbons (Fsp3) is 0.500. The summed E-state index contributed by atoms with van der Waals surface area (Å²) < 4.78 is 1.82. The molecule has 7 heteroatoms. The quantitative estimate of drug-likeness (QED) is 0.751. The Morgan fingerprint density at radius 1 is 1.26 bits per heavy atom. The lowest BCUT2D eigenvalue weighted by atomic mass is 10.0. The van der Waals surface area contributed by atoms with Gasteiger partial charge in [-0.25, -0.2) is 15.0 Å². The molecule has 0 saturated heterocycles. The van der Waals surface area contributed by atoms with Crippen molar-refractivity contribution in [1.82, 2.24) is 24.7 Å². The maximum absolute atomic E-state index is 4.65. The van der Waals surface area contributed by atoms with Crippen LogP contribution in [-0.2, 0) is 13.0 Å². The van der Waals surface area contributed by atoms with Crippen LogP contribution in [0.25, 0.3) is 10.2 Å². The van der Waals surface area contributed by atoms with Crippen molar-refractivity contribution in [2.75, 3.05) is 5.32 Å². The third kappa shape index (κ3) is 3.67. The van der Waals surface area contributed by atoms with Crippen LogP contribution in [0.1, 0.15) is 32.2 Å². The van der Waals surface area contributed by atoms with Gasteiger partial charge in [-0.2, -0.15) is 5.10 Å². The Bertz CT molecular complexity index is 777. The predicted molar refractivity (Wildman–Crippen MR) is 93.8 cm³/mol. The Labute approximate surface area is 140 Å². The molecule has 0 aliphatic rings. The number of nitrogens with zero attached hydrogens (tertiary/aromatic N) is 5. The van der Waals surface area contributed by atoms with E-state index in [4.69, 9.17) is 0 Å². The normalized spacial score (nSPS) is 12.9. The number of aryl methyl sites for hydroxylation is 1. The molecular weight excluding hydrogens is 308 g/mol. The van der Waals surface area contributed by atoms with Crippen molar-refractivity contribution < 1.29 is 0 Å². The minimum Gasteiger partial charge on any atom is -0.365 e. The average Bonchev–Trinajstić information content (AvgIpc) is 3.08. The Morgan fingerprint density at radius 2 is 2.09 bits per heavy atom. The van der Waals surface area contributed by atoms with Gasteiger partial charge in [-0.1, -0.05) is 13.8 Å². The van der Waals surface area contributed by atoms with E-state index in [1.165, 1.54) is 10.9 Å². The molecule has 3 heterocycles. The first-order valence-corrected chi connectivity index (χ1v) is 8.74. The number of hydrogen-bond donors (Lipinski definition) is 1. The molecule has 3 rings (SSSR count). The van der Waals surface area contributed by atoms with E-state index in [9.17, 15) is 0 Å². The molecule has 0 aliphatic carbocycles. The lowest BCUT2D eigenvalue weighted by Gasteiger charge is -2.16. The van der Waals surface area contributed by atoms with Gasteiger partial charge in [0.05, 0.1) is 11.9 Å². The summed E-state index contributed by atoms with van der Waals surface area (Å²) in [6.45, 7) is 9.28. The van der Waals surface area contributed by atoms with Gasteiger partial charge in [-0.15, -0.1) is 11.3 Å². The highest BCUT2D eigenvalue weighted by molar-refractivity contribution is 7.17. The van der Waals surface area contributed by atoms with Crippen molar-refractivity contribution in [1.29, 1.82) is 0 Å². The second-order valence-electron chi connectivity index (χ2n) is 6.32. The number of rotatable bonds is 6. The third-order valence-corrected chi connectivity index (χ3v) is 4.48. The molecule has 0 fully saturated rings. The standard InChI is InChI=1S/C16H22N6S/c1-10(2)5-13-7-23-16-14(13)15(20-12(4)21-16)19-11(3)6-22-9-17-8-18-22/h7-11H,5-6H2,1-4H3,(H,19,20,21)/t11-/m0/s1. The number of anilines is 1. The molecule has 0 aliphatic heterocycles. The van der Waals surface area contributed by atoms with Crippen LogP contribution in [0.5, 0.6) is 0 Å². The minimum atomic E-state index is 0.195. The van der Waals surface area contributed by atoms with Crippen molar-refractivity contribution in [2.24, 2.45) is 5.92 Å². The van der Waals surface area contributed by atoms with E-state index in [1.54, 1.807) is 24.0 Å². The lowest BCUT2D eigenvalue weighted by molar-refractivity contribution is 0.558. The molecule has 0 saturated carbocycles. The van der Waals surface area contributed by atoms with Gasteiger partial charge in [-0.05, 0) is 37.1 Å². The Balaban J connectivity index is 1.90. The number of aromatic nitrogens is 5. The second-order valence-corrected chi connectivity index (χ2v) is 7.18.